The van der Waals surface area contributed by atoms with Crippen LogP contribution in [0.1, 0.15) is 233 Å². The van der Waals surface area contributed by atoms with Crippen molar-refractivity contribution in [2.24, 2.45) is 23.7 Å². The van der Waals surface area contributed by atoms with E-state index in [1.165, 1.54) is 75.5 Å². The third kappa shape index (κ3) is 38.8. The number of carboxylic acids is 3. The maximum atomic E-state index is 13.1. The number of rotatable bonds is 50. The van der Waals surface area contributed by atoms with Crippen LogP contribution in [0, 0.1) is 23.7 Å². The van der Waals surface area contributed by atoms with Crippen LogP contribution in [-0.4, -0.2) is 145 Å². The van der Waals surface area contributed by atoms with E-state index in [2.05, 4.69) is 16.0 Å². The van der Waals surface area contributed by atoms with Crippen molar-refractivity contribution in [1.82, 2.24) is 20.9 Å². The number of carbonyl (C=O) groups is 10. The molecule has 2 rings (SSSR count). The molecule has 1 heterocycles. The molecule has 1 aliphatic heterocycles. The van der Waals surface area contributed by atoms with Gasteiger partial charge >= 0.3 is 17.9 Å². The van der Waals surface area contributed by atoms with Gasteiger partial charge in [0.25, 0.3) is 0 Å². The average Bonchev–Trinajstić information content (AvgIpc) is 3.70. The van der Waals surface area contributed by atoms with Crippen LogP contribution < -0.4 is 16.0 Å². The van der Waals surface area contributed by atoms with Crippen molar-refractivity contribution < 1.29 is 77.5 Å². The van der Waals surface area contributed by atoms with Crippen LogP contribution in [0.4, 0.5) is 0 Å². The van der Waals surface area contributed by atoms with Crippen molar-refractivity contribution in [3.63, 3.8) is 0 Å². The van der Waals surface area contributed by atoms with Gasteiger partial charge in [-0.25, -0.2) is 4.79 Å². The molecule has 1 saturated heterocycles. The van der Waals surface area contributed by atoms with Crippen LogP contribution in [-0.2, 0) is 62.2 Å². The molecule has 80 heavy (non-hydrogen) atoms. The summed E-state index contributed by atoms with van der Waals surface area (Å²) in [5, 5.41) is 35.7. The number of likely N-dealkylation sites (tertiary alicyclic amines) is 1. The van der Waals surface area contributed by atoms with Gasteiger partial charge in [-0.05, 0) is 90.4 Å². The van der Waals surface area contributed by atoms with Crippen LogP contribution in [0.2, 0.25) is 0 Å². The van der Waals surface area contributed by atoms with Gasteiger partial charge in [0.2, 0.25) is 29.5 Å². The van der Waals surface area contributed by atoms with Crippen LogP contribution in [0.15, 0.2) is 0 Å². The second-order valence-corrected chi connectivity index (χ2v) is 21.7. The smallest absolute Gasteiger partial charge is 0.326 e. The molecule has 20 heteroatoms. The van der Waals surface area contributed by atoms with Crippen LogP contribution in [0.5, 0.6) is 0 Å². The van der Waals surface area contributed by atoms with Crippen LogP contribution in [0.25, 0.3) is 0 Å². The number of hydrogen-bond donors (Lipinski definition) is 6. The van der Waals surface area contributed by atoms with Gasteiger partial charge < -0.3 is 45.5 Å². The molecule has 2 fully saturated rings. The molecular formula is C60H104N4O16. The highest BCUT2D eigenvalue weighted by Crippen LogP contribution is 2.32. The van der Waals surface area contributed by atoms with E-state index < -0.39 is 35.8 Å². The summed E-state index contributed by atoms with van der Waals surface area (Å²) in [5.41, 5.74) is 0. The maximum absolute atomic E-state index is 13.1. The Morgan fingerprint density at radius 3 is 1.60 bits per heavy atom. The summed E-state index contributed by atoms with van der Waals surface area (Å²) in [6.45, 7) is 9.79. The number of hydrogen-bond acceptors (Lipinski definition) is 13. The highest BCUT2D eigenvalue weighted by Gasteiger charge is 2.35. The molecule has 0 aromatic carbocycles. The topological polar surface area (TPSA) is 298 Å². The Morgan fingerprint density at radius 2 is 1.07 bits per heavy atom. The number of ether oxygens (including phenoxy) is 3. The molecule has 2 aliphatic rings. The molecular weight excluding hydrogens is 1030 g/mol. The minimum Gasteiger partial charge on any atom is -0.481 e. The van der Waals surface area contributed by atoms with E-state index in [4.69, 9.17) is 24.4 Å². The van der Waals surface area contributed by atoms with Gasteiger partial charge in [-0.1, -0.05) is 96.8 Å². The average molecular weight is 1140 g/mol. The van der Waals surface area contributed by atoms with Crippen molar-refractivity contribution in [3.8, 4) is 0 Å². The lowest BCUT2D eigenvalue weighted by atomic mass is 9.79. The van der Waals surface area contributed by atoms with Crippen LogP contribution >= 0.6 is 0 Å². The standard InChI is InChI=1S/C47H82N2O12.C13H22N2O4/c1-2-60-34-35-61-33-19-32-48-45(56)39(27-31-44(54)55)36-41(51)29-30-42(47(58)59)49-46(57)38-25-22-37(23-26-38)24-28-40(50)20-17-15-13-11-9-7-5-3-4-6-8-10-12-14-16-18-21-43(52)53;1-3-19-8-4-6-14-11(16)5-7-15-12(17)9-10(2)13(15)18/h37-39,42H,2-36H2,1H3,(H,48,56)(H,49,57)(H,52,53)(H,54,55)(H,58,59);10H,3-9H2,1-2H3,(H,14,16). The first-order valence-corrected chi connectivity index (χ1v) is 30.6. The summed E-state index contributed by atoms with van der Waals surface area (Å²) in [7, 11) is 0. The number of ketones is 2. The van der Waals surface area contributed by atoms with E-state index in [-0.39, 0.29) is 92.7 Å². The van der Waals surface area contributed by atoms with Gasteiger partial charge in [-0.2, -0.15) is 0 Å². The molecule has 460 valence electrons. The minimum absolute atomic E-state index is 0.0280. The summed E-state index contributed by atoms with van der Waals surface area (Å²) in [5.74, 6) is -5.44. The highest BCUT2D eigenvalue weighted by atomic mass is 16.5. The molecule has 1 saturated carbocycles. The number of aliphatic carboxylic acids is 3. The van der Waals surface area contributed by atoms with Crippen molar-refractivity contribution in [2.75, 3.05) is 59.3 Å². The van der Waals surface area contributed by atoms with E-state index in [1.54, 1.807) is 6.92 Å². The third-order valence-corrected chi connectivity index (χ3v) is 14.9. The Morgan fingerprint density at radius 1 is 0.562 bits per heavy atom. The summed E-state index contributed by atoms with van der Waals surface area (Å²) in [6, 6.07) is -1.26. The fraction of sp³-hybridized carbons (Fsp3) is 0.833. The second kappa shape index (κ2) is 47.8. The number of Topliss-reactive ketones (excluding diaryl/α,β-unsaturated/α-hetero) is 2. The Bertz CT molecular complexity index is 1790. The first-order valence-electron chi connectivity index (χ1n) is 30.6. The van der Waals surface area contributed by atoms with Crippen molar-refractivity contribution in [1.29, 1.82) is 0 Å². The van der Waals surface area contributed by atoms with Gasteiger partial charge in [-0.3, -0.25) is 48.1 Å². The predicted molar refractivity (Wildman–Crippen MR) is 303 cm³/mol. The second-order valence-electron chi connectivity index (χ2n) is 21.7. The third-order valence-electron chi connectivity index (χ3n) is 14.9. The fourth-order valence-corrected chi connectivity index (χ4v) is 9.96. The zero-order valence-electron chi connectivity index (χ0n) is 49.2. The van der Waals surface area contributed by atoms with E-state index in [9.17, 15) is 53.1 Å². The van der Waals surface area contributed by atoms with Gasteiger partial charge in [0.15, 0.2) is 0 Å². The lowest BCUT2D eigenvalue weighted by Crippen LogP contribution is -2.44. The predicted octanol–water partition coefficient (Wildman–Crippen LogP) is 8.91. The van der Waals surface area contributed by atoms with Gasteiger partial charge in [0.1, 0.15) is 17.6 Å². The SMILES string of the molecule is CCOCCCNC(=O)CCN1C(=O)CC(C)C1=O.CCOCCOCCCNC(=O)C(CCC(=O)O)CC(=O)CCC(NC(=O)C1CCC(CCC(=O)CCCCCCCCCCCCCCCCCCC(=O)O)CC1)C(=O)O. The summed E-state index contributed by atoms with van der Waals surface area (Å²) in [4.78, 5) is 121. The zero-order valence-corrected chi connectivity index (χ0v) is 49.2. The quantitative estimate of drug-likeness (QED) is 0.0245. The van der Waals surface area contributed by atoms with Gasteiger partial charge in [0, 0.05) is 115 Å². The van der Waals surface area contributed by atoms with E-state index in [1.807, 2.05) is 13.8 Å². The van der Waals surface area contributed by atoms with Gasteiger partial charge in [-0.15, -0.1) is 0 Å². The molecule has 6 N–H and O–H groups in total. The normalized spacial score (nSPS) is 16.8. The Balaban J connectivity index is 0.00000141. The van der Waals surface area contributed by atoms with Crippen molar-refractivity contribution in [2.45, 2.75) is 239 Å². The lowest BCUT2D eigenvalue weighted by molar-refractivity contribution is -0.143. The van der Waals surface area contributed by atoms with Crippen molar-refractivity contribution >= 4 is 59.0 Å². The summed E-state index contributed by atoms with van der Waals surface area (Å²) >= 11 is 0. The van der Waals surface area contributed by atoms with Gasteiger partial charge in [0.05, 0.1) is 13.2 Å². The van der Waals surface area contributed by atoms with E-state index in [0.717, 1.165) is 57.8 Å². The van der Waals surface area contributed by atoms with E-state index >= 15 is 0 Å². The molecule has 0 aromatic heterocycles. The molecule has 20 nitrogen and oxygen atoms in total. The fourth-order valence-electron chi connectivity index (χ4n) is 9.96. The van der Waals surface area contributed by atoms with E-state index in [0.29, 0.717) is 103 Å². The lowest BCUT2D eigenvalue weighted by Gasteiger charge is -2.28. The molecule has 3 unspecified atom stereocenters. The largest absolute Gasteiger partial charge is 0.481 e. The monoisotopic (exact) mass is 1140 g/mol. The molecule has 3 atom stereocenters. The van der Waals surface area contributed by atoms with Crippen LogP contribution in [0.3, 0.4) is 0 Å². The Hall–Kier alpha value is -4.82. The first-order chi connectivity index (χ1) is 38.5. The molecule has 0 bridgehead atoms. The maximum Gasteiger partial charge on any atom is 0.326 e. The number of amides is 5. The number of imide groups is 1. The molecule has 1 aliphatic carbocycles. The number of carbonyl (C=O) groups excluding carboxylic acids is 7. The number of unbranched alkanes of at least 4 members (excludes halogenated alkanes) is 15. The molecule has 0 radical (unpaired) electrons. The van der Waals surface area contributed by atoms with Crippen molar-refractivity contribution in [3.05, 3.63) is 0 Å². The Kier molecular flexibility index (Phi) is 43.7. The number of carboxylic acid groups (broad SMARTS) is 3. The molecule has 0 spiro atoms. The highest BCUT2D eigenvalue weighted by molar-refractivity contribution is 6.03. The molecule has 0 aromatic rings. The first kappa shape index (κ1) is 73.2. The summed E-state index contributed by atoms with van der Waals surface area (Å²) < 4.78 is 15.8. The minimum atomic E-state index is -1.26. The number of nitrogens with zero attached hydrogens (tertiary/aromatic N) is 1. The summed E-state index contributed by atoms with van der Waals surface area (Å²) in [6.07, 6.45) is 24.9. The number of nitrogens with one attached hydrogen (secondary N) is 3. The molecule has 5 amide bonds. The Labute approximate surface area is 477 Å². The zero-order chi connectivity index (χ0) is 59.2.